The van der Waals surface area contributed by atoms with Gasteiger partial charge in [-0.05, 0) is 203 Å². The van der Waals surface area contributed by atoms with Gasteiger partial charge in [0.25, 0.3) is 0 Å². The Bertz CT molecular complexity index is 4480. The number of rotatable bonds is 4. The van der Waals surface area contributed by atoms with Gasteiger partial charge in [-0.25, -0.2) is 0 Å². The molecule has 0 heterocycles. The molecule has 12 aromatic carbocycles. The van der Waals surface area contributed by atoms with Gasteiger partial charge in [0.2, 0.25) is 0 Å². The van der Waals surface area contributed by atoms with Crippen LogP contribution in [0.2, 0.25) is 0 Å². The SMILES string of the molecule is CC1(C)c2cc3c(cc2-c2c1cc(-c1cccc4c1C(C)(C)c1ccccc1-4)c1ccccc21)C(c1ccccc1)(c1ccccc1)c1cc2c(cc1-3)C(C)(C)c1cc(-c3cccc4c3C(C)(C)c3ccccc3-4)c3ccccc3c1-2. The highest BCUT2D eigenvalue weighted by atomic mass is 14.5. The predicted molar refractivity (Wildman–Crippen MR) is 340 cm³/mol. The quantitative estimate of drug-likeness (QED) is 0.165. The molecule has 0 spiro atoms. The average Bonchev–Trinajstić information content (AvgIpc) is 3.82. The fourth-order valence-corrected chi connectivity index (χ4v) is 17.2. The van der Waals surface area contributed by atoms with E-state index in [1.54, 1.807) is 0 Å². The third-order valence-electron chi connectivity index (χ3n) is 20.9. The summed E-state index contributed by atoms with van der Waals surface area (Å²) in [7, 11) is 0. The first-order valence-electron chi connectivity index (χ1n) is 29.3. The molecule has 5 aliphatic rings. The van der Waals surface area contributed by atoms with Crippen LogP contribution in [0.5, 0.6) is 0 Å². The Morgan fingerprint density at radius 1 is 0.198 bits per heavy atom. The molecule has 0 fully saturated rings. The van der Waals surface area contributed by atoms with Crippen molar-refractivity contribution in [2.45, 2.75) is 82.5 Å². The van der Waals surface area contributed by atoms with Crippen molar-refractivity contribution < 1.29 is 0 Å². The molecular formula is C81H62. The van der Waals surface area contributed by atoms with Crippen molar-refractivity contribution in [3.8, 4) is 77.9 Å². The van der Waals surface area contributed by atoms with Gasteiger partial charge in [0.1, 0.15) is 0 Å². The van der Waals surface area contributed by atoms with Gasteiger partial charge in [0.15, 0.2) is 0 Å². The van der Waals surface area contributed by atoms with Crippen molar-refractivity contribution in [3.63, 3.8) is 0 Å². The number of fused-ring (bicyclic) bond motifs is 19. The van der Waals surface area contributed by atoms with Crippen LogP contribution >= 0.6 is 0 Å². The minimum Gasteiger partial charge on any atom is -0.0622 e. The molecule has 0 unspecified atom stereocenters. The second kappa shape index (κ2) is 15.7. The maximum atomic E-state index is 2.66. The minimum atomic E-state index is -0.612. The molecule has 0 nitrogen and oxygen atoms in total. The Kier molecular flexibility index (Phi) is 9.14. The van der Waals surface area contributed by atoms with E-state index in [0.29, 0.717) is 0 Å². The lowest BCUT2D eigenvalue weighted by Crippen LogP contribution is -2.29. The van der Waals surface area contributed by atoms with E-state index in [-0.39, 0.29) is 21.7 Å². The van der Waals surface area contributed by atoms with Crippen molar-refractivity contribution in [2.75, 3.05) is 0 Å². The van der Waals surface area contributed by atoms with E-state index < -0.39 is 5.41 Å². The van der Waals surface area contributed by atoms with Crippen LogP contribution in [-0.2, 0) is 27.1 Å². The normalized spacial score (nSPS) is 16.6. The zero-order valence-electron chi connectivity index (χ0n) is 47.4. The lowest BCUT2D eigenvalue weighted by molar-refractivity contribution is 0.658. The molecule has 0 saturated heterocycles. The third kappa shape index (κ3) is 5.76. The van der Waals surface area contributed by atoms with Crippen molar-refractivity contribution in [2.24, 2.45) is 0 Å². The van der Waals surface area contributed by atoms with Crippen LogP contribution in [0, 0.1) is 0 Å². The summed E-state index contributed by atoms with van der Waals surface area (Å²) in [6, 6.07) is 89.5. The topological polar surface area (TPSA) is 0 Å². The van der Waals surface area contributed by atoms with Crippen molar-refractivity contribution >= 4 is 21.5 Å². The monoisotopic (exact) mass is 1030 g/mol. The summed E-state index contributed by atoms with van der Waals surface area (Å²) in [5.41, 5.74) is 33.9. The lowest BCUT2D eigenvalue weighted by Gasteiger charge is -2.34. The van der Waals surface area contributed by atoms with E-state index in [0.717, 1.165) is 0 Å². The Morgan fingerprint density at radius 3 is 0.914 bits per heavy atom. The Hall–Kier alpha value is -8.84. The highest BCUT2D eigenvalue weighted by Crippen LogP contribution is 2.65. The van der Waals surface area contributed by atoms with Crippen LogP contribution in [0.25, 0.3) is 99.4 Å². The third-order valence-corrected chi connectivity index (χ3v) is 20.9. The van der Waals surface area contributed by atoms with Gasteiger partial charge in [-0.3, -0.25) is 0 Å². The molecule has 17 rings (SSSR count). The zero-order chi connectivity index (χ0) is 54.7. The van der Waals surface area contributed by atoms with Gasteiger partial charge >= 0.3 is 0 Å². The van der Waals surface area contributed by atoms with Gasteiger partial charge in [-0.15, -0.1) is 0 Å². The predicted octanol–water partition coefficient (Wildman–Crippen LogP) is 20.9. The molecule has 0 heteroatoms. The largest absolute Gasteiger partial charge is 0.0714 e. The van der Waals surface area contributed by atoms with E-state index in [9.17, 15) is 0 Å². The molecule has 12 aromatic rings. The first kappa shape index (κ1) is 47.0. The summed E-state index contributed by atoms with van der Waals surface area (Å²) in [5.74, 6) is 0. The molecule has 0 atom stereocenters. The molecule has 0 aliphatic heterocycles. The highest BCUT2D eigenvalue weighted by molar-refractivity contribution is 6.13. The summed E-state index contributed by atoms with van der Waals surface area (Å²) in [6.45, 7) is 19.6. The van der Waals surface area contributed by atoms with E-state index in [1.165, 1.54) is 166 Å². The summed E-state index contributed by atoms with van der Waals surface area (Å²) in [6.07, 6.45) is 0. The van der Waals surface area contributed by atoms with Crippen LogP contribution < -0.4 is 0 Å². The van der Waals surface area contributed by atoms with Gasteiger partial charge in [0, 0.05) is 21.7 Å². The number of benzene rings is 12. The van der Waals surface area contributed by atoms with Crippen molar-refractivity contribution in [3.05, 3.63) is 297 Å². The fourth-order valence-electron chi connectivity index (χ4n) is 17.2. The molecule has 0 amide bonds. The van der Waals surface area contributed by atoms with E-state index >= 15 is 0 Å². The standard InChI is InChI=1S/C81H62/c1-77(2)67-43-61-62-44-68-64(74-54-34-18-16-30-50(54)60(42-72(74)78(68,3)4)58-38-24-36-56-52-32-20-22-40-66(52)80(7,8)76(56)58)46-70(62)81(47-25-11-9-12-26-47,48-27-13-10-14-28-48)69(61)45-63(67)73-53-33-17-15-29-49(53)59(41-71(73)77)57-37-23-35-55-51-31-19-21-39-65(51)79(5,6)75(55)57/h9-46H,1-8H3. The Labute approximate surface area is 476 Å². The molecule has 0 aromatic heterocycles. The maximum Gasteiger partial charge on any atom is 0.0714 e. The first-order valence-corrected chi connectivity index (χ1v) is 29.3. The van der Waals surface area contributed by atoms with Gasteiger partial charge < -0.3 is 0 Å². The second-order valence-electron chi connectivity index (χ2n) is 26.2. The molecule has 0 N–H and O–H groups in total. The molecule has 386 valence electrons. The summed E-state index contributed by atoms with van der Waals surface area (Å²) >= 11 is 0. The zero-order valence-corrected chi connectivity index (χ0v) is 47.4. The molecule has 0 radical (unpaired) electrons. The average molecular weight is 1040 g/mol. The van der Waals surface area contributed by atoms with Crippen molar-refractivity contribution in [1.82, 2.24) is 0 Å². The Balaban J connectivity index is 0.917. The van der Waals surface area contributed by atoms with Gasteiger partial charge in [-0.1, -0.05) is 250 Å². The minimum absolute atomic E-state index is 0.147. The second-order valence-corrected chi connectivity index (χ2v) is 26.2. The summed E-state index contributed by atoms with van der Waals surface area (Å²) in [4.78, 5) is 0. The summed E-state index contributed by atoms with van der Waals surface area (Å²) < 4.78 is 0. The number of hydrogen-bond donors (Lipinski definition) is 0. The fraction of sp³-hybridized carbons (Fsp3) is 0.160. The summed E-state index contributed by atoms with van der Waals surface area (Å²) in [5, 5.41) is 5.25. The van der Waals surface area contributed by atoms with E-state index in [4.69, 9.17) is 0 Å². The van der Waals surface area contributed by atoms with Crippen LogP contribution in [0.1, 0.15) is 122 Å². The molecule has 5 aliphatic carbocycles. The first-order chi connectivity index (χ1) is 39.2. The van der Waals surface area contributed by atoms with Crippen LogP contribution in [0.3, 0.4) is 0 Å². The van der Waals surface area contributed by atoms with Gasteiger partial charge in [-0.2, -0.15) is 0 Å². The Morgan fingerprint density at radius 2 is 0.506 bits per heavy atom. The van der Waals surface area contributed by atoms with E-state index in [1.807, 2.05) is 0 Å². The molecule has 0 saturated carbocycles. The maximum absolute atomic E-state index is 2.66. The van der Waals surface area contributed by atoms with Crippen LogP contribution in [0.4, 0.5) is 0 Å². The molecule has 81 heavy (non-hydrogen) atoms. The molecule has 0 bridgehead atoms. The van der Waals surface area contributed by atoms with E-state index in [2.05, 4.69) is 286 Å². The smallest absolute Gasteiger partial charge is 0.0622 e. The van der Waals surface area contributed by atoms with Crippen molar-refractivity contribution in [1.29, 1.82) is 0 Å². The van der Waals surface area contributed by atoms with Gasteiger partial charge in [0.05, 0.1) is 5.41 Å². The van der Waals surface area contributed by atoms with Crippen LogP contribution in [0.15, 0.2) is 231 Å². The van der Waals surface area contributed by atoms with Crippen LogP contribution in [-0.4, -0.2) is 0 Å². The lowest BCUT2D eigenvalue weighted by atomic mass is 9.67. The molecular weight excluding hydrogens is 973 g/mol. The highest BCUT2D eigenvalue weighted by Gasteiger charge is 2.51. The number of hydrogen-bond acceptors (Lipinski definition) is 0.